The van der Waals surface area contributed by atoms with Gasteiger partial charge in [0.1, 0.15) is 0 Å². The van der Waals surface area contributed by atoms with Crippen molar-refractivity contribution in [3.63, 3.8) is 0 Å². The van der Waals surface area contributed by atoms with Crippen LogP contribution in [0.2, 0.25) is 0 Å². The van der Waals surface area contributed by atoms with Crippen LogP contribution in [0.5, 0.6) is 0 Å². The number of amides is 1. The van der Waals surface area contributed by atoms with Crippen LogP contribution in [-0.2, 0) is 4.74 Å². The van der Waals surface area contributed by atoms with E-state index < -0.39 is 0 Å². The van der Waals surface area contributed by atoms with Crippen molar-refractivity contribution in [2.45, 2.75) is 38.8 Å². The minimum atomic E-state index is -0.0169. The number of carbonyl (C=O) groups is 1. The molecule has 0 spiro atoms. The molecule has 0 unspecified atom stereocenters. The molecule has 1 N–H and O–H groups in total. The zero-order chi connectivity index (χ0) is 12.3. The van der Waals surface area contributed by atoms with Gasteiger partial charge in [0.2, 0.25) is 0 Å². The molecule has 0 saturated carbocycles. The number of rotatable bonds is 3. The normalized spacial score (nSPS) is 21.2. The Hall–Kier alpha value is -1.35. The first-order valence-corrected chi connectivity index (χ1v) is 6.16. The van der Waals surface area contributed by atoms with Crippen LogP contribution in [-0.4, -0.2) is 24.7 Å². The van der Waals surface area contributed by atoms with Gasteiger partial charge in [0, 0.05) is 12.2 Å². The summed E-state index contributed by atoms with van der Waals surface area (Å²) in [6.45, 7) is 4.80. The van der Waals surface area contributed by atoms with Crippen molar-refractivity contribution in [3.05, 3.63) is 35.4 Å². The number of hydrogen-bond acceptors (Lipinski definition) is 2. The number of benzene rings is 1. The fourth-order valence-corrected chi connectivity index (χ4v) is 2.17. The third kappa shape index (κ3) is 3.07. The number of aryl methyl sites for hydroxylation is 1. The zero-order valence-electron chi connectivity index (χ0n) is 10.4. The lowest BCUT2D eigenvalue weighted by atomic mass is 10.1. The zero-order valence-corrected chi connectivity index (χ0v) is 10.4. The van der Waals surface area contributed by atoms with Gasteiger partial charge in [-0.2, -0.15) is 0 Å². The minimum absolute atomic E-state index is 0.0169. The van der Waals surface area contributed by atoms with Crippen molar-refractivity contribution in [2.75, 3.05) is 6.61 Å². The third-order valence-corrected chi connectivity index (χ3v) is 3.16. The second-order valence-corrected chi connectivity index (χ2v) is 4.68. The summed E-state index contributed by atoms with van der Waals surface area (Å²) in [5.74, 6) is -0.0169. The molecular weight excluding hydrogens is 214 g/mol. The molecule has 0 aromatic heterocycles. The van der Waals surface area contributed by atoms with Crippen molar-refractivity contribution in [3.8, 4) is 0 Å². The van der Waals surface area contributed by atoms with E-state index >= 15 is 0 Å². The van der Waals surface area contributed by atoms with E-state index in [0.717, 1.165) is 30.6 Å². The van der Waals surface area contributed by atoms with E-state index in [-0.39, 0.29) is 18.1 Å². The van der Waals surface area contributed by atoms with E-state index in [0.29, 0.717) is 0 Å². The van der Waals surface area contributed by atoms with Crippen molar-refractivity contribution in [2.24, 2.45) is 0 Å². The van der Waals surface area contributed by atoms with Crippen LogP contribution in [0.4, 0.5) is 0 Å². The van der Waals surface area contributed by atoms with Gasteiger partial charge in [0.25, 0.3) is 5.91 Å². The molecule has 1 aromatic rings. The molecule has 3 nitrogen and oxygen atoms in total. The Morgan fingerprint density at radius 3 is 3.00 bits per heavy atom. The van der Waals surface area contributed by atoms with Crippen molar-refractivity contribution in [1.82, 2.24) is 5.32 Å². The number of hydrogen-bond donors (Lipinski definition) is 1. The molecule has 2 atom stereocenters. The van der Waals surface area contributed by atoms with E-state index in [1.807, 2.05) is 38.1 Å². The average molecular weight is 233 g/mol. The smallest absolute Gasteiger partial charge is 0.251 e. The highest BCUT2D eigenvalue weighted by molar-refractivity contribution is 5.94. The van der Waals surface area contributed by atoms with E-state index in [4.69, 9.17) is 4.74 Å². The lowest BCUT2D eigenvalue weighted by molar-refractivity contribution is 0.0712. The van der Waals surface area contributed by atoms with Gasteiger partial charge < -0.3 is 10.1 Å². The lowest BCUT2D eigenvalue weighted by Crippen LogP contribution is -2.40. The second kappa shape index (κ2) is 5.32. The highest BCUT2D eigenvalue weighted by atomic mass is 16.5. The first-order chi connectivity index (χ1) is 8.16. The van der Waals surface area contributed by atoms with Crippen LogP contribution < -0.4 is 5.32 Å². The molecular formula is C14H19NO2. The van der Waals surface area contributed by atoms with Crippen LogP contribution in [0.3, 0.4) is 0 Å². The molecule has 1 aliphatic rings. The Kier molecular flexibility index (Phi) is 3.79. The van der Waals surface area contributed by atoms with Crippen molar-refractivity contribution in [1.29, 1.82) is 0 Å². The molecule has 1 saturated heterocycles. The fourth-order valence-electron chi connectivity index (χ4n) is 2.17. The monoisotopic (exact) mass is 233 g/mol. The van der Waals surface area contributed by atoms with Crippen LogP contribution >= 0.6 is 0 Å². The first-order valence-electron chi connectivity index (χ1n) is 6.16. The summed E-state index contributed by atoms with van der Waals surface area (Å²) in [7, 11) is 0. The Balaban J connectivity index is 1.96. The van der Waals surface area contributed by atoms with Crippen LogP contribution in [0.1, 0.15) is 35.7 Å². The summed E-state index contributed by atoms with van der Waals surface area (Å²) in [6.07, 6.45) is 2.30. The van der Waals surface area contributed by atoms with E-state index in [2.05, 4.69) is 5.32 Å². The molecule has 1 heterocycles. The van der Waals surface area contributed by atoms with Gasteiger partial charge in [-0.15, -0.1) is 0 Å². The Labute approximate surface area is 102 Å². The maximum Gasteiger partial charge on any atom is 0.251 e. The Morgan fingerprint density at radius 2 is 2.35 bits per heavy atom. The molecule has 0 aliphatic carbocycles. The SMILES string of the molecule is Cc1cccc(C(=O)N[C@H](C)[C@@H]2CCCO2)c1. The number of nitrogens with one attached hydrogen (secondary N) is 1. The first kappa shape index (κ1) is 12.1. The van der Waals surface area contributed by atoms with Crippen molar-refractivity contribution >= 4 is 5.91 Å². The highest BCUT2D eigenvalue weighted by Gasteiger charge is 2.23. The molecule has 17 heavy (non-hydrogen) atoms. The molecule has 0 bridgehead atoms. The molecule has 0 radical (unpaired) electrons. The van der Waals surface area contributed by atoms with Gasteiger partial charge in [-0.3, -0.25) is 4.79 Å². The summed E-state index contributed by atoms with van der Waals surface area (Å²) in [5, 5.41) is 3.00. The lowest BCUT2D eigenvalue weighted by Gasteiger charge is -2.20. The summed E-state index contributed by atoms with van der Waals surface area (Å²) >= 11 is 0. The second-order valence-electron chi connectivity index (χ2n) is 4.68. The van der Waals surface area contributed by atoms with Crippen LogP contribution in [0.25, 0.3) is 0 Å². The number of carbonyl (C=O) groups excluding carboxylic acids is 1. The summed E-state index contributed by atoms with van der Waals surface area (Å²) in [6, 6.07) is 7.70. The van der Waals surface area contributed by atoms with Gasteiger partial charge in [0.15, 0.2) is 0 Å². The number of ether oxygens (including phenoxy) is 1. The average Bonchev–Trinajstić information content (AvgIpc) is 2.82. The van der Waals surface area contributed by atoms with E-state index in [9.17, 15) is 4.79 Å². The molecule has 2 rings (SSSR count). The Morgan fingerprint density at radius 1 is 1.53 bits per heavy atom. The largest absolute Gasteiger partial charge is 0.376 e. The van der Waals surface area contributed by atoms with Crippen molar-refractivity contribution < 1.29 is 9.53 Å². The van der Waals surface area contributed by atoms with Gasteiger partial charge >= 0.3 is 0 Å². The standard InChI is InChI=1S/C14H19NO2/c1-10-5-3-6-12(9-10)14(16)15-11(2)13-7-4-8-17-13/h3,5-6,9,11,13H,4,7-8H2,1-2H3,(H,15,16)/t11-,13+/m1/s1. The summed E-state index contributed by atoms with van der Waals surface area (Å²) in [4.78, 5) is 12.0. The van der Waals surface area contributed by atoms with E-state index in [1.165, 1.54) is 0 Å². The van der Waals surface area contributed by atoms with Gasteiger partial charge in [-0.25, -0.2) is 0 Å². The molecule has 92 valence electrons. The van der Waals surface area contributed by atoms with E-state index in [1.54, 1.807) is 0 Å². The van der Waals surface area contributed by atoms with Gasteiger partial charge in [-0.1, -0.05) is 17.7 Å². The maximum absolute atomic E-state index is 12.0. The molecule has 1 aromatic carbocycles. The van der Waals surface area contributed by atoms with Gasteiger partial charge in [-0.05, 0) is 38.8 Å². The molecule has 1 amide bonds. The summed E-state index contributed by atoms with van der Waals surface area (Å²) < 4.78 is 5.56. The maximum atomic E-state index is 12.0. The molecule has 1 aliphatic heterocycles. The van der Waals surface area contributed by atoms with Gasteiger partial charge in [0.05, 0.1) is 12.1 Å². The third-order valence-electron chi connectivity index (χ3n) is 3.16. The Bertz CT molecular complexity index is 397. The molecule has 1 fully saturated rings. The van der Waals surface area contributed by atoms with Crippen LogP contribution in [0.15, 0.2) is 24.3 Å². The topological polar surface area (TPSA) is 38.3 Å². The predicted molar refractivity (Wildman–Crippen MR) is 67.1 cm³/mol. The predicted octanol–water partition coefficient (Wildman–Crippen LogP) is 2.29. The van der Waals surface area contributed by atoms with Crippen LogP contribution in [0, 0.1) is 6.92 Å². The summed E-state index contributed by atoms with van der Waals surface area (Å²) in [5.41, 5.74) is 1.82. The quantitative estimate of drug-likeness (QED) is 0.870. The molecule has 3 heteroatoms. The minimum Gasteiger partial charge on any atom is -0.376 e. The fraction of sp³-hybridized carbons (Fsp3) is 0.500. The highest BCUT2D eigenvalue weighted by Crippen LogP contribution is 2.15.